The quantitative estimate of drug-likeness (QED) is 0.793. The van der Waals surface area contributed by atoms with Gasteiger partial charge in [-0.3, -0.25) is 9.48 Å². The molecule has 0 atom stereocenters. The number of nitrogens with zero attached hydrogens (tertiary/aromatic N) is 3. The van der Waals surface area contributed by atoms with E-state index in [1.165, 1.54) is 0 Å². The summed E-state index contributed by atoms with van der Waals surface area (Å²) in [7, 11) is 0. The molecule has 100 valence electrons. The van der Waals surface area contributed by atoms with Crippen LogP contribution in [0.15, 0.2) is 12.3 Å². The number of nitrogen functional groups attached to an aromatic ring is 1. The standard InChI is InChI=1S/C12H21N5O/c1-10(18)14-11-2-5-16(6-3-11)8-9-17-7-4-12(13)15-17/h4,7,11H,2-3,5-6,8-9H2,1H3,(H2,13,15)(H,14,18). The Bertz CT molecular complexity index is 395. The molecule has 1 aromatic heterocycles. The summed E-state index contributed by atoms with van der Waals surface area (Å²) in [5.74, 6) is 0.639. The van der Waals surface area contributed by atoms with Gasteiger partial charge in [-0.05, 0) is 18.9 Å². The lowest BCUT2D eigenvalue weighted by atomic mass is 10.1. The molecular formula is C12H21N5O. The van der Waals surface area contributed by atoms with Crippen LogP contribution >= 0.6 is 0 Å². The highest BCUT2D eigenvalue weighted by atomic mass is 16.1. The van der Waals surface area contributed by atoms with Crippen LogP contribution in [0.25, 0.3) is 0 Å². The topological polar surface area (TPSA) is 76.2 Å². The number of hydrogen-bond acceptors (Lipinski definition) is 4. The third-order valence-electron chi connectivity index (χ3n) is 3.30. The van der Waals surface area contributed by atoms with E-state index in [9.17, 15) is 4.79 Å². The van der Waals surface area contributed by atoms with E-state index in [2.05, 4.69) is 15.3 Å². The van der Waals surface area contributed by atoms with Gasteiger partial charge in [-0.15, -0.1) is 0 Å². The molecule has 2 rings (SSSR count). The zero-order valence-corrected chi connectivity index (χ0v) is 10.8. The Kier molecular flexibility index (Phi) is 4.19. The molecule has 0 spiro atoms. The smallest absolute Gasteiger partial charge is 0.217 e. The molecule has 0 aliphatic carbocycles. The van der Waals surface area contributed by atoms with Gasteiger partial charge in [-0.2, -0.15) is 5.10 Å². The molecule has 0 aromatic carbocycles. The van der Waals surface area contributed by atoms with E-state index in [4.69, 9.17) is 5.73 Å². The normalized spacial score (nSPS) is 17.8. The predicted octanol–water partition coefficient (Wildman–Crippen LogP) is 0.0658. The van der Waals surface area contributed by atoms with Crippen molar-refractivity contribution < 1.29 is 4.79 Å². The second-order valence-electron chi connectivity index (χ2n) is 4.82. The minimum absolute atomic E-state index is 0.0699. The Labute approximate surface area is 107 Å². The average molecular weight is 251 g/mol. The molecule has 1 amide bonds. The fraction of sp³-hybridized carbons (Fsp3) is 0.667. The first kappa shape index (κ1) is 12.9. The number of piperidine rings is 1. The number of nitrogens with two attached hydrogens (primary N) is 1. The predicted molar refractivity (Wildman–Crippen MR) is 69.9 cm³/mol. The maximum absolute atomic E-state index is 11.0. The van der Waals surface area contributed by atoms with Gasteiger partial charge >= 0.3 is 0 Å². The molecule has 0 bridgehead atoms. The highest BCUT2D eigenvalue weighted by Gasteiger charge is 2.19. The minimum atomic E-state index is 0.0699. The molecule has 18 heavy (non-hydrogen) atoms. The number of hydrogen-bond donors (Lipinski definition) is 2. The molecule has 2 heterocycles. The molecule has 3 N–H and O–H groups in total. The van der Waals surface area contributed by atoms with Crippen molar-refractivity contribution in [3.05, 3.63) is 12.3 Å². The second-order valence-corrected chi connectivity index (χ2v) is 4.82. The SMILES string of the molecule is CC(=O)NC1CCN(CCn2ccc(N)n2)CC1. The van der Waals surface area contributed by atoms with Gasteiger partial charge in [0.25, 0.3) is 0 Å². The van der Waals surface area contributed by atoms with Crippen LogP contribution in [0, 0.1) is 0 Å². The van der Waals surface area contributed by atoms with Crippen LogP contribution in [0.3, 0.4) is 0 Å². The first-order valence-electron chi connectivity index (χ1n) is 6.42. The van der Waals surface area contributed by atoms with Crippen LogP contribution < -0.4 is 11.1 Å². The van der Waals surface area contributed by atoms with Crippen molar-refractivity contribution in [1.82, 2.24) is 20.0 Å². The van der Waals surface area contributed by atoms with Crippen molar-refractivity contribution in [2.75, 3.05) is 25.4 Å². The number of amides is 1. The van der Waals surface area contributed by atoms with Crippen molar-refractivity contribution in [3.8, 4) is 0 Å². The van der Waals surface area contributed by atoms with E-state index >= 15 is 0 Å². The van der Waals surface area contributed by atoms with E-state index < -0.39 is 0 Å². The van der Waals surface area contributed by atoms with Crippen molar-refractivity contribution in [2.45, 2.75) is 32.4 Å². The summed E-state index contributed by atoms with van der Waals surface area (Å²) in [6.07, 6.45) is 3.96. The van der Waals surface area contributed by atoms with Gasteiger partial charge in [-0.1, -0.05) is 0 Å². The first-order chi connectivity index (χ1) is 8.63. The summed E-state index contributed by atoms with van der Waals surface area (Å²) in [5.41, 5.74) is 5.57. The maximum atomic E-state index is 11.0. The van der Waals surface area contributed by atoms with Gasteiger partial charge in [0.2, 0.25) is 5.91 Å². The third kappa shape index (κ3) is 3.73. The fourth-order valence-corrected chi connectivity index (χ4v) is 2.33. The summed E-state index contributed by atoms with van der Waals surface area (Å²) < 4.78 is 1.87. The molecule has 0 unspecified atom stereocenters. The molecule has 1 fully saturated rings. The van der Waals surface area contributed by atoms with Crippen LogP contribution in [-0.2, 0) is 11.3 Å². The molecule has 0 saturated carbocycles. The molecule has 6 nitrogen and oxygen atoms in total. The summed E-state index contributed by atoms with van der Waals surface area (Å²) in [6, 6.07) is 2.15. The van der Waals surface area contributed by atoms with Gasteiger partial charge in [0.1, 0.15) is 5.82 Å². The third-order valence-corrected chi connectivity index (χ3v) is 3.30. The molecular weight excluding hydrogens is 230 g/mol. The average Bonchev–Trinajstić information content (AvgIpc) is 2.74. The lowest BCUT2D eigenvalue weighted by molar-refractivity contribution is -0.119. The number of nitrogens with one attached hydrogen (secondary N) is 1. The highest BCUT2D eigenvalue weighted by Crippen LogP contribution is 2.10. The Morgan fingerprint density at radius 1 is 1.50 bits per heavy atom. The van der Waals surface area contributed by atoms with Crippen molar-refractivity contribution in [3.63, 3.8) is 0 Å². The van der Waals surface area contributed by atoms with Crippen LogP contribution in [0.5, 0.6) is 0 Å². The summed E-state index contributed by atoms with van der Waals surface area (Å²) in [6.45, 7) is 5.48. The summed E-state index contributed by atoms with van der Waals surface area (Å²) >= 11 is 0. The van der Waals surface area contributed by atoms with Crippen molar-refractivity contribution in [1.29, 1.82) is 0 Å². The lowest BCUT2D eigenvalue weighted by Crippen LogP contribution is -2.44. The molecule has 1 aliphatic rings. The fourth-order valence-electron chi connectivity index (χ4n) is 2.33. The van der Waals surface area contributed by atoms with Crippen molar-refractivity contribution >= 4 is 11.7 Å². The molecule has 1 aromatic rings. The first-order valence-corrected chi connectivity index (χ1v) is 6.42. The van der Waals surface area contributed by atoms with E-state index in [0.717, 1.165) is 39.0 Å². The van der Waals surface area contributed by atoms with E-state index in [-0.39, 0.29) is 5.91 Å². The Balaban J connectivity index is 1.69. The van der Waals surface area contributed by atoms with Crippen LogP contribution in [0.4, 0.5) is 5.82 Å². The summed E-state index contributed by atoms with van der Waals surface area (Å²) in [4.78, 5) is 13.4. The number of rotatable bonds is 4. The van der Waals surface area contributed by atoms with Crippen molar-refractivity contribution in [2.24, 2.45) is 0 Å². The van der Waals surface area contributed by atoms with Gasteiger partial charge in [0, 0.05) is 38.8 Å². The largest absolute Gasteiger partial charge is 0.382 e. The minimum Gasteiger partial charge on any atom is -0.382 e. The van der Waals surface area contributed by atoms with Crippen LogP contribution in [0.2, 0.25) is 0 Å². The molecule has 1 aliphatic heterocycles. The maximum Gasteiger partial charge on any atom is 0.217 e. The monoisotopic (exact) mass is 251 g/mol. The molecule has 6 heteroatoms. The molecule has 0 radical (unpaired) electrons. The second kappa shape index (κ2) is 5.86. The highest BCUT2D eigenvalue weighted by molar-refractivity contribution is 5.73. The van der Waals surface area contributed by atoms with Gasteiger partial charge in [0.15, 0.2) is 0 Å². The zero-order chi connectivity index (χ0) is 13.0. The Morgan fingerprint density at radius 2 is 2.22 bits per heavy atom. The van der Waals surface area contributed by atoms with Crippen LogP contribution in [0.1, 0.15) is 19.8 Å². The lowest BCUT2D eigenvalue weighted by Gasteiger charge is -2.32. The van der Waals surface area contributed by atoms with Crippen LogP contribution in [-0.4, -0.2) is 46.3 Å². The molecule has 1 saturated heterocycles. The number of carbonyl (C=O) groups excluding carboxylic acids is 1. The number of carbonyl (C=O) groups is 1. The zero-order valence-electron chi connectivity index (χ0n) is 10.8. The number of anilines is 1. The Morgan fingerprint density at radius 3 is 2.78 bits per heavy atom. The van der Waals surface area contributed by atoms with E-state index in [1.54, 1.807) is 6.92 Å². The van der Waals surface area contributed by atoms with Gasteiger partial charge in [0.05, 0.1) is 6.54 Å². The number of likely N-dealkylation sites (tertiary alicyclic amines) is 1. The van der Waals surface area contributed by atoms with E-state index in [0.29, 0.717) is 11.9 Å². The van der Waals surface area contributed by atoms with Gasteiger partial charge in [-0.25, -0.2) is 0 Å². The van der Waals surface area contributed by atoms with E-state index in [1.807, 2.05) is 16.9 Å². The Hall–Kier alpha value is -1.56. The summed E-state index contributed by atoms with van der Waals surface area (Å²) in [5, 5.41) is 7.14. The van der Waals surface area contributed by atoms with Gasteiger partial charge < -0.3 is 16.0 Å². The number of aromatic nitrogens is 2.